The molecule has 0 saturated carbocycles. The minimum absolute atomic E-state index is 0.0455. The molecule has 0 unspecified atom stereocenters. The number of aromatic nitrogens is 2. The fourth-order valence-electron chi connectivity index (χ4n) is 3.70. The van der Waals surface area contributed by atoms with E-state index in [1.165, 1.54) is 22.5 Å². The summed E-state index contributed by atoms with van der Waals surface area (Å²) < 4.78 is 32.6. The maximum absolute atomic E-state index is 13.0. The fourth-order valence-corrected chi connectivity index (χ4v) is 5.41. The highest BCUT2D eigenvalue weighted by atomic mass is 35.5. The standard InChI is InChI=1S/C22H23ClN4O5S/c23-17-10-9-15(33(30,31)27-11-5-1-2-6-12-27)13-19(17)24-20(28)14-32-22(29)21-16-7-3-4-8-18(16)25-26-21/h3-4,7-10,13H,1-2,5-6,11-12,14H2,(H,24,28)(H,25,26). The molecule has 9 nitrogen and oxygen atoms in total. The summed E-state index contributed by atoms with van der Waals surface area (Å²) in [4.78, 5) is 24.8. The molecule has 2 heterocycles. The number of sulfonamides is 1. The highest BCUT2D eigenvalue weighted by Crippen LogP contribution is 2.28. The van der Waals surface area contributed by atoms with Crippen LogP contribution in [0.25, 0.3) is 10.9 Å². The van der Waals surface area contributed by atoms with Crippen molar-refractivity contribution in [2.45, 2.75) is 30.6 Å². The van der Waals surface area contributed by atoms with Gasteiger partial charge in [0.15, 0.2) is 12.3 Å². The number of esters is 1. The van der Waals surface area contributed by atoms with Gasteiger partial charge >= 0.3 is 5.97 Å². The number of carbonyl (C=O) groups excluding carboxylic acids is 2. The zero-order valence-electron chi connectivity index (χ0n) is 17.7. The quantitative estimate of drug-likeness (QED) is 0.509. The smallest absolute Gasteiger partial charge is 0.359 e. The van der Waals surface area contributed by atoms with Crippen LogP contribution in [0.5, 0.6) is 0 Å². The van der Waals surface area contributed by atoms with Crippen LogP contribution in [0.4, 0.5) is 5.69 Å². The third-order valence-electron chi connectivity index (χ3n) is 5.41. The van der Waals surface area contributed by atoms with Crippen LogP contribution in [-0.4, -0.2) is 54.5 Å². The van der Waals surface area contributed by atoms with Crippen LogP contribution in [-0.2, 0) is 19.6 Å². The van der Waals surface area contributed by atoms with Crippen molar-refractivity contribution >= 4 is 50.1 Å². The summed E-state index contributed by atoms with van der Waals surface area (Å²) in [7, 11) is -3.71. The summed E-state index contributed by atoms with van der Waals surface area (Å²) in [6.07, 6.45) is 3.63. The number of nitrogens with one attached hydrogen (secondary N) is 2. The number of fused-ring (bicyclic) bond motifs is 1. The summed E-state index contributed by atoms with van der Waals surface area (Å²) in [5.74, 6) is -1.42. The SMILES string of the molecule is O=C(COC(=O)c1n[nH]c2ccccc12)Nc1cc(S(=O)(=O)N2CCCCCC2)ccc1Cl. The molecule has 1 aromatic heterocycles. The Morgan fingerprint density at radius 2 is 1.82 bits per heavy atom. The largest absolute Gasteiger partial charge is 0.451 e. The molecule has 11 heteroatoms. The van der Waals surface area contributed by atoms with Crippen LogP contribution in [0.3, 0.4) is 0 Å². The molecule has 2 aromatic carbocycles. The molecule has 1 amide bonds. The monoisotopic (exact) mass is 490 g/mol. The molecule has 1 aliphatic rings. The maximum atomic E-state index is 13.0. The molecule has 0 radical (unpaired) electrons. The van der Waals surface area contributed by atoms with Gasteiger partial charge < -0.3 is 10.1 Å². The van der Waals surface area contributed by atoms with Gasteiger partial charge in [-0.2, -0.15) is 9.40 Å². The predicted octanol–water partition coefficient (Wildman–Crippen LogP) is 3.58. The first-order valence-electron chi connectivity index (χ1n) is 10.6. The number of para-hydroxylation sites is 1. The van der Waals surface area contributed by atoms with E-state index in [1.54, 1.807) is 24.3 Å². The van der Waals surface area contributed by atoms with Crippen LogP contribution in [0.15, 0.2) is 47.4 Å². The van der Waals surface area contributed by atoms with Crippen molar-refractivity contribution in [3.05, 3.63) is 53.2 Å². The molecular weight excluding hydrogens is 468 g/mol. The fraction of sp³-hybridized carbons (Fsp3) is 0.318. The molecule has 174 valence electrons. The molecular formula is C22H23ClN4O5S. The van der Waals surface area contributed by atoms with Crippen LogP contribution in [0, 0.1) is 0 Å². The number of hydrogen-bond acceptors (Lipinski definition) is 6. The van der Waals surface area contributed by atoms with Gasteiger partial charge in [-0.3, -0.25) is 9.89 Å². The number of ether oxygens (including phenoxy) is 1. The van der Waals surface area contributed by atoms with Gasteiger partial charge in [-0.1, -0.05) is 42.6 Å². The third-order valence-corrected chi connectivity index (χ3v) is 7.64. The maximum Gasteiger partial charge on any atom is 0.359 e. The van der Waals surface area contributed by atoms with Gasteiger partial charge in [-0.05, 0) is 37.1 Å². The Bertz CT molecular complexity index is 1280. The van der Waals surface area contributed by atoms with Crippen molar-refractivity contribution in [3.63, 3.8) is 0 Å². The number of nitrogens with zero attached hydrogens (tertiary/aromatic N) is 2. The second-order valence-corrected chi connectivity index (χ2v) is 10.0. The average molecular weight is 491 g/mol. The van der Waals surface area contributed by atoms with Crippen molar-refractivity contribution < 1.29 is 22.7 Å². The molecule has 0 bridgehead atoms. The number of aromatic amines is 1. The van der Waals surface area contributed by atoms with E-state index in [2.05, 4.69) is 15.5 Å². The number of amides is 1. The van der Waals surface area contributed by atoms with Gasteiger partial charge in [-0.15, -0.1) is 0 Å². The van der Waals surface area contributed by atoms with Gasteiger partial charge in [0, 0.05) is 18.5 Å². The van der Waals surface area contributed by atoms with Gasteiger partial charge in [0.05, 0.1) is 21.1 Å². The first-order chi connectivity index (χ1) is 15.9. The summed E-state index contributed by atoms with van der Waals surface area (Å²) in [6.45, 7) is 0.342. The Labute approximate surface area is 196 Å². The van der Waals surface area contributed by atoms with Crippen molar-refractivity contribution in [1.82, 2.24) is 14.5 Å². The molecule has 1 fully saturated rings. The molecule has 1 saturated heterocycles. The summed E-state index contributed by atoms with van der Waals surface area (Å²) in [5.41, 5.74) is 0.865. The van der Waals surface area contributed by atoms with Crippen molar-refractivity contribution in [1.29, 1.82) is 0 Å². The Morgan fingerprint density at radius 1 is 1.09 bits per heavy atom. The number of carbonyl (C=O) groups is 2. The zero-order valence-corrected chi connectivity index (χ0v) is 19.3. The molecule has 0 atom stereocenters. The highest BCUT2D eigenvalue weighted by molar-refractivity contribution is 7.89. The Hall–Kier alpha value is -2.95. The Kier molecular flexibility index (Phi) is 6.96. The first-order valence-corrected chi connectivity index (χ1v) is 12.4. The van der Waals surface area contributed by atoms with Crippen LogP contribution in [0.2, 0.25) is 5.02 Å². The van der Waals surface area contributed by atoms with E-state index in [1.807, 2.05) is 0 Å². The van der Waals surface area contributed by atoms with E-state index in [4.69, 9.17) is 16.3 Å². The van der Waals surface area contributed by atoms with E-state index in [9.17, 15) is 18.0 Å². The second-order valence-electron chi connectivity index (χ2n) is 7.70. The van der Waals surface area contributed by atoms with E-state index in [-0.39, 0.29) is 21.3 Å². The lowest BCUT2D eigenvalue weighted by Gasteiger charge is -2.20. The number of benzene rings is 2. The first kappa shape index (κ1) is 23.2. The Balaban J connectivity index is 1.43. The lowest BCUT2D eigenvalue weighted by molar-refractivity contribution is -0.119. The van der Waals surface area contributed by atoms with Crippen LogP contribution < -0.4 is 5.32 Å². The molecule has 1 aliphatic heterocycles. The van der Waals surface area contributed by atoms with Gasteiger partial charge in [0.1, 0.15) is 0 Å². The Morgan fingerprint density at radius 3 is 2.58 bits per heavy atom. The number of H-pyrrole nitrogens is 1. The summed E-state index contributed by atoms with van der Waals surface area (Å²) in [5, 5.41) is 9.93. The van der Waals surface area contributed by atoms with Gasteiger partial charge in [0.25, 0.3) is 5.91 Å². The van der Waals surface area contributed by atoms with Gasteiger partial charge in [0.2, 0.25) is 10.0 Å². The minimum atomic E-state index is -3.71. The number of anilines is 1. The average Bonchev–Trinajstić information content (AvgIpc) is 3.03. The van der Waals surface area contributed by atoms with Gasteiger partial charge in [-0.25, -0.2) is 13.2 Å². The van der Waals surface area contributed by atoms with E-state index < -0.39 is 28.5 Å². The third kappa shape index (κ3) is 5.18. The number of rotatable bonds is 6. The topological polar surface area (TPSA) is 121 Å². The van der Waals surface area contributed by atoms with Crippen LogP contribution in [0.1, 0.15) is 36.2 Å². The molecule has 0 spiro atoms. The predicted molar refractivity (Wildman–Crippen MR) is 124 cm³/mol. The van der Waals surface area contributed by atoms with Crippen LogP contribution >= 0.6 is 11.6 Å². The highest BCUT2D eigenvalue weighted by Gasteiger charge is 2.26. The summed E-state index contributed by atoms with van der Waals surface area (Å²) >= 11 is 6.17. The van der Waals surface area contributed by atoms with Crippen molar-refractivity contribution in [3.8, 4) is 0 Å². The molecule has 3 aromatic rings. The lowest BCUT2D eigenvalue weighted by Crippen LogP contribution is -2.32. The normalized spacial score (nSPS) is 15.2. The molecule has 4 rings (SSSR count). The van der Waals surface area contributed by atoms with Crippen molar-refractivity contribution in [2.75, 3.05) is 25.0 Å². The van der Waals surface area contributed by atoms with E-state index >= 15 is 0 Å². The number of halogens is 1. The summed E-state index contributed by atoms with van der Waals surface area (Å²) in [6, 6.07) is 11.2. The van der Waals surface area contributed by atoms with E-state index in [0.717, 1.165) is 25.7 Å². The molecule has 2 N–H and O–H groups in total. The van der Waals surface area contributed by atoms with Crippen molar-refractivity contribution in [2.24, 2.45) is 0 Å². The number of hydrogen-bond donors (Lipinski definition) is 2. The second kappa shape index (κ2) is 9.90. The lowest BCUT2D eigenvalue weighted by atomic mass is 10.2. The molecule has 0 aliphatic carbocycles. The van der Waals surface area contributed by atoms with E-state index in [0.29, 0.717) is 24.0 Å². The zero-order chi connectivity index (χ0) is 23.4. The molecule has 33 heavy (non-hydrogen) atoms. The minimum Gasteiger partial charge on any atom is -0.451 e.